The molecule has 4 rings (SSSR count). The number of rotatable bonds is 4. The number of aryl methyl sites for hydroxylation is 2. The van der Waals surface area contributed by atoms with Crippen molar-refractivity contribution in [1.82, 2.24) is 4.90 Å². The van der Waals surface area contributed by atoms with E-state index in [9.17, 15) is 9.59 Å². The van der Waals surface area contributed by atoms with Crippen molar-refractivity contribution in [3.05, 3.63) is 64.7 Å². The number of hydrogen-bond donors (Lipinski definition) is 0. The van der Waals surface area contributed by atoms with Crippen LogP contribution < -0.4 is 4.90 Å². The van der Waals surface area contributed by atoms with Crippen molar-refractivity contribution < 1.29 is 14.3 Å². The lowest BCUT2D eigenvalue weighted by Gasteiger charge is -2.33. The van der Waals surface area contributed by atoms with Gasteiger partial charge in [-0.2, -0.15) is 5.26 Å². The molecule has 6 heteroatoms. The molecule has 2 aliphatic heterocycles. The van der Waals surface area contributed by atoms with Crippen molar-refractivity contribution in [1.29, 1.82) is 5.26 Å². The molecule has 2 aromatic carbocycles. The van der Waals surface area contributed by atoms with Gasteiger partial charge in [-0.15, -0.1) is 0 Å². The first-order chi connectivity index (χ1) is 14.7. The molecule has 154 valence electrons. The van der Waals surface area contributed by atoms with Crippen molar-refractivity contribution in [3.8, 4) is 6.07 Å². The van der Waals surface area contributed by atoms with Crippen LogP contribution in [0.4, 0.5) is 5.69 Å². The Balaban J connectivity index is 1.53. The van der Waals surface area contributed by atoms with E-state index in [4.69, 9.17) is 10.00 Å². The fraction of sp³-hybridized carbons (Fsp3) is 0.375. The van der Waals surface area contributed by atoms with Crippen molar-refractivity contribution in [2.24, 2.45) is 0 Å². The number of carbonyl (C=O) groups excluding carboxylic acids is 2. The molecule has 0 aliphatic carbocycles. The molecule has 0 atom stereocenters. The monoisotopic (exact) mass is 403 g/mol. The van der Waals surface area contributed by atoms with E-state index in [1.807, 2.05) is 35.2 Å². The summed E-state index contributed by atoms with van der Waals surface area (Å²) in [7, 11) is 0. The highest BCUT2D eigenvalue weighted by atomic mass is 16.5. The molecule has 2 aliphatic rings. The van der Waals surface area contributed by atoms with Crippen LogP contribution in [0.1, 0.15) is 39.9 Å². The summed E-state index contributed by atoms with van der Waals surface area (Å²) in [6.07, 6.45) is 2.74. The van der Waals surface area contributed by atoms with E-state index in [-0.39, 0.29) is 11.8 Å². The SMILES string of the molecule is N#Cc1ccc(CCC(=O)N2CCCc3cccc(C(=O)N4CCOCC4)c32)cc1. The quantitative estimate of drug-likeness (QED) is 0.787. The van der Waals surface area contributed by atoms with Crippen molar-refractivity contribution in [2.75, 3.05) is 37.7 Å². The number of para-hydroxylation sites is 1. The van der Waals surface area contributed by atoms with Crippen LogP contribution in [0, 0.1) is 11.3 Å². The third kappa shape index (κ3) is 4.22. The topological polar surface area (TPSA) is 73.6 Å². The van der Waals surface area contributed by atoms with E-state index in [1.54, 1.807) is 17.0 Å². The second kappa shape index (κ2) is 9.10. The molecule has 0 spiro atoms. The van der Waals surface area contributed by atoms with Crippen LogP contribution in [0.15, 0.2) is 42.5 Å². The summed E-state index contributed by atoms with van der Waals surface area (Å²) in [4.78, 5) is 29.9. The maximum absolute atomic E-state index is 13.2. The fourth-order valence-electron chi connectivity index (χ4n) is 4.14. The normalized spacial score (nSPS) is 16.0. The number of ether oxygens (including phenoxy) is 1. The Hall–Kier alpha value is -3.17. The summed E-state index contributed by atoms with van der Waals surface area (Å²) >= 11 is 0. The maximum Gasteiger partial charge on any atom is 0.256 e. The molecule has 1 fully saturated rings. The van der Waals surface area contributed by atoms with E-state index in [0.717, 1.165) is 29.7 Å². The van der Waals surface area contributed by atoms with E-state index in [2.05, 4.69) is 6.07 Å². The van der Waals surface area contributed by atoms with Gasteiger partial charge in [0.25, 0.3) is 5.91 Å². The van der Waals surface area contributed by atoms with Crippen molar-refractivity contribution >= 4 is 17.5 Å². The first kappa shape index (κ1) is 20.1. The first-order valence-corrected chi connectivity index (χ1v) is 10.5. The van der Waals surface area contributed by atoms with Gasteiger partial charge in [0.2, 0.25) is 5.91 Å². The van der Waals surface area contributed by atoms with Gasteiger partial charge in [-0.1, -0.05) is 24.3 Å². The van der Waals surface area contributed by atoms with Crippen LogP contribution in [-0.2, 0) is 22.4 Å². The number of fused-ring (bicyclic) bond motifs is 1. The third-order valence-electron chi connectivity index (χ3n) is 5.76. The molecule has 0 unspecified atom stereocenters. The lowest BCUT2D eigenvalue weighted by molar-refractivity contribution is -0.118. The van der Waals surface area contributed by atoms with E-state index in [0.29, 0.717) is 56.8 Å². The Labute approximate surface area is 176 Å². The smallest absolute Gasteiger partial charge is 0.256 e. The minimum Gasteiger partial charge on any atom is -0.378 e. The lowest BCUT2D eigenvalue weighted by Crippen LogP contribution is -2.42. The number of hydrogen-bond acceptors (Lipinski definition) is 4. The van der Waals surface area contributed by atoms with Gasteiger partial charge in [0.1, 0.15) is 0 Å². The van der Waals surface area contributed by atoms with E-state index < -0.39 is 0 Å². The van der Waals surface area contributed by atoms with Crippen LogP contribution in [0.25, 0.3) is 0 Å². The molecular formula is C24H25N3O3. The van der Waals surface area contributed by atoms with Crippen molar-refractivity contribution in [3.63, 3.8) is 0 Å². The molecule has 2 aromatic rings. The summed E-state index contributed by atoms with van der Waals surface area (Å²) < 4.78 is 5.37. The molecular weight excluding hydrogens is 378 g/mol. The maximum atomic E-state index is 13.2. The van der Waals surface area contributed by atoms with Crippen molar-refractivity contribution in [2.45, 2.75) is 25.7 Å². The van der Waals surface area contributed by atoms with Crippen LogP contribution in [-0.4, -0.2) is 49.6 Å². The van der Waals surface area contributed by atoms with Crippen LogP contribution in [0.2, 0.25) is 0 Å². The summed E-state index contributed by atoms with van der Waals surface area (Å²) in [6, 6.07) is 15.2. The number of nitrogens with zero attached hydrogens (tertiary/aromatic N) is 3. The zero-order valence-corrected chi connectivity index (χ0v) is 17.0. The van der Waals surface area contributed by atoms with E-state index >= 15 is 0 Å². The second-order valence-corrected chi connectivity index (χ2v) is 7.68. The highest BCUT2D eigenvalue weighted by molar-refractivity contribution is 6.06. The molecule has 0 N–H and O–H groups in total. The van der Waals surface area contributed by atoms with Gasteiger partial charge in [-0.05, 0) is 48.6 Å². The van der Waals surface area contributed by atoms with Gasteiger partial charge in [-0.25, -0.2) is 0 Å². The van der Waals surface area contributed by atoms with Crippen LogP contribution >= 0.6 is 0 Å². The average Bonchev–Trinajstić information content (AvgIpc) is 2.82. The highest BCUT2D eigenvalue weighted by Crippen LogP contribution is 2.32. The van der Waals surface area contributed by atoms with Gasteiger partial charge < -0.3 is 14.5 Å². The van der Waals surface area contributed by atoms with Gasteiger partial charge in [0.05, 0.1) is 36.1 Å². The second-order valence-electron chi connectivity index (χ2n) is 7.68. The van der Waals surface area contributed by atoms with Gasteiger partial charge in [0.15, 0.2) is 0 Å². The lowest BCUT2D eigenvalue weighted by atomic mass is 9.96. The summed E-state index contributed by atoms with van der Waals surface area (Å²) in [6.45, 7) is 2.89. The van der Waals surface area contributed by atoms with Gasteiger partial charge in [0, 0.05) is 26.1 Å². The molecule has 0 saturated carbocycles. The standard InChI is InChI=1S/C24H25N3O3/c25-17-19-8-6-18(7-9-19)10-11-22(28)27-12-2-4-20-3-1-5-21(23(20)27)24(29)26-13-15-30-16-14-26/h1,3,5-9H,2,4,10-16H2. The minimum absolute atomic E-state index is 0.0260. The number of carbonyl (C=O) groups is 2. The summed E-state index contributed by atoms with van der Waals surface area (Å²) in [5.74, 6) is 0.00415. The molecule has 0 bridgehead atoms. The average molecular weight is 403 g/mol. The van der Waals surface area contributed by atoms with Crippen LogP contribution in [0.3, 0.4) is 0 Å². The summed E-state index contributed by atoms with van der Waals surface area (Å²) in [5.41, 5.74) is 4.09. The van der Waals surface area contributed by atoms with Gasteiger partial charge >= 0.3 is 0 Å². The predicted octanol–water partition coefficient (Wildman–Crippen LogP) is 2.94. The molecule has 30 heavy (non-hydrogen) atoms. The molecule has 2 amide bonds. The largest absolute Gasteiger partial charge is 0.378 e. The summed E-state index contributed by atoms with van der Waals surface area (Å²) in [5, 5.41) is 8.93. The molecule has 0 radical (unpaired) electrons. The highest BCUT2D eigenvalue weighted by Gasteiger charge is 2.29. The third-order valence-corrected chi connectivity index (χ3v) is 5.76. The Morgan fingerprint density at radius 2 is 1.80 bits per heavy atom. The zero-order valence-electron chi connectivity index (χ0n) is 17.0. The zero-order chi connectivity index (χ0) is 20.9. The number of benzene rings is 2. The number of morpholine rings is 1. The van der Waals surface area contributed by atoms with Crippen LogP contribution in [0.5, 0.6) is 0 Å². The minimum atomic E-state index is -0.0260. The first-order valence-electron chi connectivity index (χ1n) is 10.5. The molecule has 1 saturated heterocycles. The Morgan fingerprint density at radius 1 is 1.03 bits per heavy atom. The molecule has 2 heterocycles. The molecule has 0 aromatic heterocycles. The predicted molar refractivity (Wildman–Crippen MR) is 113 cm³/mol. The Bertz CT molecular complexity index is 972. The Morgan fingerprint density at radius 3 is 2.53 bits per heavy atom. The fourth-order valence-corrected chi connectivity index (χ4v) is 4.14. The molecule has 6 nitrogen and oxygen atoms in total. The number of amides is 2. The number of anilines is 1. The van der Waals surface area contributed by atoms with E-state index in [1.165, 1.54) is 0 Å². The Kier molecular flexibility index (Phi) is 6.10. The van der Waals surface area contributed by atoms with Gasteiger partial charge in [-0.3, -0.25) is 9.59 Å². The number of nitriles is 1.